The maximum atomic E-state index is 12.1. The van der Waals surface area contributed by atoms with E-state index in [9.17, 15) is 13.2 Å². The van der Waals surface area contributed by atoms with E-state index in [2.05, 4.69) is 6.92 Å². The quantitative estimate of drug-likeness (QED) is 0.709. The zero-order valence-corrected chi connectivity index (χ0v) is 19.6. The van der Waals surface area contributed by atoms with E-state index in [1.54, 1.807) is 6.07 Å². The lowest BCUT2D eigenvalue weighted by atomic mass is 9.54. The molecular formula is C23H33NO6S. The van der Waals surface area contributed by atoms with Crippen molar-refractivity contribution in [1.29, 1.82) is 0 Å². The Bertz CT molecular complexity index is 961. The lowest BCUT2D eigenvalue weighted by Gasteiger charge is -2.52. The Morgan fingerprint density at radius 2 is 1.94 bits per heavy atom. The third-order valence-corrected chi connectivity index (χ3v) is 8.99. The highest BCUT2D eigenvalue weighted by Crippen LogP contribution is 2.63. The van der Waals surface area contributed by atoms with Gasteiger partial charge in [0.05, 0.1) is 13.2 Å². The van der Waals surface area contributed by atoms with Gasteiger partial charge in [-0.3, -0.25) is 4.79 Å². The largest absolute Gasteiger partial charge is 0.493 e. The molecule has 31 heavy (non-hydrogen) atoms. The summed E-state index contributed by atoms with van der Waals surface area (Å²) >= 11 is 0. The first-order valence-electron chi connectivity index (χ1n) is 11.2. The first-order valence-corrected chi connectivity index (χ1v) is 12.6. The molecule has 2 fully saturated rings. The van der Waals surface area contributed by atoms with Gasteiger partial charge in [0.25, 0.3) is 0 Å². The van der Waals surface area contributed by atoms with Crippen LogP contribution in [0.2, 0.25) is 0 Å². The molecule has 0 aliphatic heterocycles. The summed E-state index contributed by atoms with van der Waals surface area (Å²) < 4.78 is 42.6. The Kier molecular flexibility index (Phi) is 5.98. The maximum Gasteiger partial charge on any atom is 0.409 e. The van der Waals surface area contributed by atoms with Crippen molar-refractivity contribution < 1.29 is 26.9 Å². The van der Waals surface area contributed by atoms with Crippen LogP contribution in [0, 0.1) is 17.3 Å². The smallest absolute Gasteiger partial charge is 0.409 e. The molecule has 5 unspecified atom stereocenters. The van der Waals surface area contributed by atoms with Gasteiger partial charge in [-0.25, -0.2) is 4.72 Å². The fourth-order valence-corrected chi connectivity index (χ4v) is 7.66. The molecule has 0 heterocycles. The molecule has 1 N–H and O–H groups in total. The van der Waals surface area contributed by atoms with Gasteiger partial charge in [0.2, 0.25) is 5.91 Å². The third kappa shape index (κ3) is 3.82. The Morgan fingerprint density at radius 1 is 1.16 bits per heavy atom. The summed E-state index contributed by atoms with van der Waals surface area (Å²) in [7, 11) is -0.884. The normalized spacial score (nSPS) is 31.9. The van der Waals surface area contributed by atoms with E-state index in [4.69, 9.17) is 13.7 Å². The molecule has 3 aliphatic rings. The van der Waals surface area contributed by atoms with Crippen molar-refractivity contribution in [1.82, 2.24) is 4.72 Å². The average Bonchev–Trinajstić information content (AvgIpc) is 3.10. The summed E-state index contributed by atoms with van der Waals surface area (Å²) in [5.74, 6) is 1.51. The molecule has 172 valence electrons. The zero-order valence-electron chi connectivity index (χ0n) is 18.8. The van der Waals surface area contributed by atoms with Crippen LogP contribution < -0.4 is 13.6 Å². The Balaban J connectivity index is 1.65. The highest BCUT2D eigenvalue weighted by molar-refractivity contribution is 7.85. The molecule has 0 aromatic heterocycles. The van der Waals surface area contributed by atoms with Crippen molar-refractivity contribution in [3.05, 3.63) is 23.3 Å². The summed E-state index contributed by atoms with van der Waals surface area (Å²) in [6.45, 7) is 3.44. The van der Waals surface area contributed by atoms with Gasteiger partial charge in [-0.05, 0) is 91.4 Å². The highest BCUT2D eigenvalue weighted by Gasteiger charge is 2.56. The van der Waals surface area contributed by atoms with E-state index in [1.807, 2.05) is 17.9 Å². The molecule has 1 amide bonds. The summed E-state index contributed by atoms with van der Waals surface area (Å²) in [6, 6.07) is 3.73. The molecule has 0 spiro atoms. The molecule has 5 atom stereocenters. The number of carbonyl (C=O) groups is 1. The molecule has 8 heteroatoms. The fraction of sp³-hybridized carbons (Fsp3) is 0.696. The van der Waals surface area contributed by atoms with E-state index in [0.717, 1.165) is 51.0 Å². The van der Waals surface area contributed by atoms with Crippen molar-refractivity contribution in [2.75, 3.05) is 14.2 Å². The molecule has 3 aliphatic carbocycles. The number of benzene rings is 1. The number of rotatable bonds is 6. The number of aryl methyl sites for hydroxylation is 1. The van der Waals surface area contributed by atoms with Crippen molar-refractivity contribution in [3.8, 4) is 11.5 Å². The number of fused-ring (bicyclic) bond motifs is 5. The molecule has 0 radical (unpaired) electrons. The summed E-state index contributed by atoms with van der Waals surface area (Å²) in [4.78, 5) is 11.2. The van der Waals surface area contributed by atoms with Crippen molar-refractivity contribution in [2.45, 2.75) is 70.8 Å². The predicted octanol–water partition coefficient (Wildman–Crippen LogP) is 3.72. The minimum atomic E-state index is -4.24. The Labute approximate surface area is 185 Å². The van der Waals surface area contributed by atoms with Crippen LogP contribution in [-0.2, 0) is 26.3 Å². The molecule has 0 saturated heterocycles. The summed E-state index contributed by atoms with van der Waals surface area (Å²) in [5.41, 5.74) is 2.65. The van der Waals surface area contributed by atoms with Crippen LogP contribution in [0.4, 0.5) is 0 Å². The molecule has 7 nitrogen and oxygen atoms in total. The summed E-state index contributed by atoms with van der Waals surface area (Å²) in [6.07, 6.45) is 8.10. The van der Waals surface area contributed by atoms with Gasteiger partial charge in [0.15, 0.2) is 11.5 Å². The Hall–Kier alpha value is -1.80. The standard InChI is InChI=1S/C23H33NO6S/c1-5-23-11-10-16-17(19(23)8-9-22(23)29-4)7-6-15-12-21(20(28-3)13-18(15)16)30-31(26,27)24-14(2)25/h12-13,16-17,19,22H,5-11H2,1-4H3,(H,24,25). The zero-order chi connectivity index (χ0) is 22.4. The average molecular weight is 452 g/mol. The summed E-state index contributed by atoms with van der Waals surface area (Å²) in [5, 5.41) is 0. The van der Waals surface area contributed by atoms with Gasteiger partial charge in [-0.2, -0.15) is 8.42 Å². The second-order valence-electron chi connectivity index (χ2n) is 9.24. The minimum absolute atomic E-state index is 0.118. The van der Waals surface area contributed by atoms with Gasteiger partial charge in [0, 0.05) is 14.0 Å². The van der Waals surface area contributed by atoms with Crippen LogP contribution >= 0.6 is 0 Å². The second-order valence-corrected chi connectivity index (χ2v) is 10.5. The van der Waals surface area contributed by atoms with E-state index >= 15 is 0 Å². The number of methoxy groups -OCH3 is 2. The lowest BCUT2D eigenvalue weighted by molar-refractivity contribution is -0.117. The van der Waals surface area contributed by atoms with Gasteiger partial charge >= 0.3 is 10.3 Å². The van der Waals surface area contributed by atoms with Crippen molar-refractivity contribution >= 4 is 16.2 Å². The third-order valence-electron chi connectivity index (χ3n) is 8.06. The minimum Gasteiger partial charge on any atom is -0.493 e. The number of nitrogens with one attached hydrogen (secondary N) is 1. The monoisotopic (exact) mass is 451 g/mol. The Morgan fingerprint density at radius 3 is 2.58 bits per heavy atom. The maximum absolute atomic E-state index is 12.1. The molecule has 4 rings (SSSR count). The number of carbonyl (C=O) groups excluding carboxylic acids is 1. The van der Waals surface area contributed by atoms with Crippen molar-refractivity contribution in [3.63, 3.8) is 0 Å². The molecule has 0 bridgehead atoms. The molecular weight excluding hydrogens is 418 g/mol. The van der Waals surface area contributed by atoms with Crippen LogP contribution in [0.15, 0.2) is 12.1 Å². The first kappa shape index (κ1) is 22.4. The van der Waals surface area contributed by atoms with Gasteiger partial charge < -0.3 is 13.7 Å². The van der Waals surface area contributed by atoms with Crippen LogP contribution in [0.1, 0.15) is 69.4 Å². The number of amides is 1. The van der Waals surface area contributed by atoms with Crippen LogP contribution in [0.3, 0.4) is 0 Å². The highest BCUT2D eigenvalue weighted by atomic mass is 32.2. The van der Waals surface area contributed by atoms with Crippen molar-refractivity contribution in [2.24, 2.45) is 17.3 Å². The molecule has 1 aromatic rings. The fourth-order valence-electron chi connectivity index (χ4n) is 6.90. The molecule has 1 aromatic carbocycles. The van der Waals surface area contributed by atoms with E-state index in [-0.39, 0.29) is 11.2 Å². The van der Waals surface area contributed by atoms with Gasteiger partial charge in [0.1, 0.15) is 0 Å². The second kappa shape index (κ2) is 8.28. The van der Waals surface area contributed by atoms with Crippen LogP contribution in [-0.4, -0.2) is 34.6 Å². The van der Waals surface area contributed by atoms with Gasteiger partial charge in [-0.1, -0.05) is 6.92 Å². The van der Waals surface area contributed by atoms with Crippen LogP contribution in [0.5, 0.6) is 11.5 Å². The number of hydrogen-bond donors (Lipinski definition) is 1. The first-order chi connectivity index (χ1) is 14.7. The SMILES string of the molecule is CCC12CCC3c4cc(OC)c(OS(=O)(=O)NC(C)=O)cc4CCC3C1CCC2OC. The topological polar surface area (TPSA) is 90.9 Å². The van der Waals surface area contributed by atoms with E-state index < -0.39 is 16.2 Å². The van der Waals surface area contributed by atoms with E-state index in [1.165, 1.54) is 19.1 Å². The molecule has 2 saturated carbocycles. The predicted molar refractivity (Wildman–Crippen MR) is 116 cm³/mol. The number of hydrogen-bond acceptors (Lipinski definition) is 6. The lowest BCUT2D eigenvalue weighted by Crippen LogP contribution is -2.46. The van der Waals surface area contributed by atoms with Gasteiger partial charge in [-0.15, -0.1) is 0 Å². The van der Waals surface area contributed by atoms with E-state index in [0.29, 0.717) is 29.6 Å². The van der Waals surface area contributed by atoms with Crippen LogP contribution in [0.25, 0.3) is 0 Å². The number of ether oxygens (including phenoxy) is 2.